The first kappa shape index (κ1) is 18.3. The largest absolute Gasteiger partial charge is 0.450 e. The molecule has 0 fully saturated rings. The predicted molar refractivity (Wildman–Crippen MR) is 112 cm³/mol. The summed E-state index contributed by atoms with van der Waals surface area (Å²) in [5.41, 5.74) is 2.04. The lowest BCUT2D eigenvalue weighted by Gasteiger charge is -2.25. The molecule has 4 aromatic rings. The van der Waals surface area contributed by atoms with Crippen molar-refractivity contribution in [1.29, 1.82) is 0 Å². The first-order valence-corrected chi connectivity index (χ1v) is 9.79. The van der Waals surface area contributed by atoms with Crippen molar-refractivity contribution >= 4 is 16.9 Å². The van der Waals surface area contributed by atoms with Crippen LogP contribution in [0.25, 0.3) is 11.0 Å². The van der Waals surface area contributed by atoms with Gasteiger partial charge in [0, 0.05) is 6.54 Å². The summed E-state index contributed by atoms with van der Waals surface area (Å²) >= 11 is 0. The number of carbonyl (C=O) groups excluding carboxylic acids is 1. The highest BCUT2D eigenvalue weighted by Gasteiger charge is 2.42. The van der Waals surface area contributed by atoms with E-state index in [-0.39, 0.29) is 33.6 Å². The minimum Gasteiger partial charge on any atom is -0.450 e. The maximum absolute atomic E-state index is 13.8. The SMILES string of the molecule is O=C1c2oc3ccc(F)cc3c(=O)c2[C@@H](c2ccccc2)N1CCc1ccccc1. The first-order chi connectivity index (χ1) is 14.6. The zero-order valence-corrected chi connectivity index (χ0v) is 16.0. The van der Waals surface area contributed by atoms with Gasteiger partial charge in [0.2, 0.25) is 5.76 Å². The van der Waals surface area contributed by atoms with Crippen molar-refractivity contribution in [1.82, 2.24) is 4.90 Å². The Morgan fingerprint density at radius 3 is 2.33 bits per heavy atom. The van der Waals surface area contributed by atoms with Crippen molar-refractivity contribution in [3.63, 3.8) is 0 Å². The van der Waals surface area contributed by atoms with E-state index in [0.29, 0.717) is 13.0 Å². The molecule has 1 aliphatic heterocycles. The summed E-state index contributed by atoms with van der Waals surface area (Å²) in [6, 6.07) is 22.5. The number of halogens is 1. The smallest absolute Gasteiger partial charge is 0.290 e. The number of nitrogens with zero attached hydrogens (tertiary/aromatic N) is 1. The Hall–Kier alpha value is -3.73. The third-order valence-corrected chi connectivity index (χ3v) is 5.53. The quantitative estimate of drug-likeness (QED) is 0.499. The lowest BCUT2D eigenvalue weighted by Crippen LogP contribution is -2.31. The number of rotatable bonds is 4. The number of benzene rings is 3. The maximum atomic E-state index is 13.8. The fourth-order valence-electron chi connectivity index (χ4n) is 4.10. The Kier molecular flexibility index (Phi) is 4.43. The summed E-state index contributed by atoms with van der Waals surface area (Å²) in [6.07, 6.45) is 0.645. The molecule has 1 aromatic heterocycles. The molecule has 1 aliphatic rings. The summed E-state index contributed by atoms with van der Waals surface area (Å²) in [5, 5.41) is 0.146. The molecule has 3 aromatic carbocycles. The van der Waals surface area contributed by atoms with E-state index in [1.54, 1.807) is 4.90 Å². The van der Waals surface area contributed by atoms with Crippen LogP contribution in [0.5, 0.6) is 0 Å². The summed E-state index contributed by atoms with van der Waals surface area (Å²) in [5.74, 6) is -0.796. The average Bonchev–Trinajstić information content (AvgIpc) is 3.06. The molecule has 0 bridgehead atoms. The Bertz CT molecular complexity index is 1300. The van der Waals surface area contributed by atoms with E-state index in [1.807, 2.05) is 60.7 Å². The molecule has 148 valence electrons. The average molecular weight is 399 g/mol. The summed E-state index contributed by atoms with van der Waals surface area (Å²) in [4.78, 5) is 28.3. The molecule has 2 heterocycles. The van der Waals surface area contributed by atoms with Crippen LogP contribution in [-0.4, -0.2) is 17.4 Å². The van der Waals surface area contributed by atoms with Gasteiger partial charge in [0.25, 0.3) is 5.91 Å². The van der Waals surface area contributed by atoms with E-state index in [1.165, 1.54) is 18.2 Å². The van der Waals surface area contributed by atoms with Gasteiger partial charge in [-0.05, 0) is 35.7 Å². The Morgan fingerprint density at radius 2 is 1.60 bits per heavy atom. The first-order valence-electron chi connectivity index (χ1n) is 9.79. The van der Waals surface area contributed by atoms with Gasteiger partial charge in [-0.3, -0.25) is 9.59 Å². The molecule has 0 aliphatic carbocycles. The van der Waals surface area contributed by atoms with Crippen molar-refractivity contribution in [2.45, 2.75) is 12.5 Å². The molecular weight excluding hydrogens is 381 g/mol. The van der Waals surface area contributed by atoms with E-state index in [9.17, 15) is 14.0 Å². The van der Waals surface area contributed by atoms with Gasteiger partial charge < -0.3 is 9.32 Å². The van der Waals surface area contributed by atoms with Gasteiger partial charge in [-0.15, -0.1) is 0 Å². The molecule has 0 unspecified atom stereocenters. The zero-order valence-electron chi connectivity index (χ0n) is 16.0. The van der Waals surface area contributed by atoms with Crippen LogP contribution >= 0.6 is 0 Å². The number of amides is 1. The van der Waals surface area contributed by atoms with Crippen LogP contribution in [0.4, 0.5) is 4.39 Å². The summed E-state index contributed by atoms with van der Waals surface area (Å²) < 4.78 is 19.6. The molecule has 5 rings (SSSR count). The highest BCUT2D eigenvalue weighted by molar-refractivity contribution is 5.99. The molecule has 4 nitrogen and oxygen atoms in total. The maximum Gasteiger partial charge on any atom is 0.290 e. The van der Waals surface area contributed by atoms with E-state index in [2.05, 4.69) is 0 Å². The third-order valence-electron chi connectivity index (χ3n) is 5.53. The molecule has 0 spiro atoms. The van der Waals surface area contributed by atoms with Crippen molar-refractivity contribution in [2.24, 2.45) is 0 Å². The van der Waals surface area contributed by atoms with Crippen LogP contribution < -0.4 is 5.43 Å². The highest BCUT2D eigenvalue weighted by atomic mass is 19.1. The van der Waals surface area contributed by atoms with E-state index in [4.69, 9.17) is 4.42 Å². The van der Waals surface area contributed by atoms with Crippen LogP contribution in [0.1, 0.15) is 33.3 Å². The molecular formula is C25H18FNO3. The number of fused-ring (bicyclic) bond motifs is 2. The standard InChI is InChI=1S/C25H18FNO3/c26-18-11-12-20-19(15-18)23(28)21-22(17-9-5-2-6-10-17)27(25(29)24(21)30-20)14-13-16-7-3-1-4-8-16/h1-12,15,22H,13-14H2/t22-/m1/s1. The van der Waals surface area contributed by atoms with Gasteiger partial charge in [-0.25, -0.2) is 4.39 Å². The van der Waals surface area contributed by atoms with E-state index < -0.39 is 11.9 Å². The molecule has 0 radical (unpaired) electrons. The van der Waals surface area contributed by atoms with Crippen molar-refractivity contribution in [3.8, 4) is 0 Å². The molecule has 0 saturated carbocycles. The van der Waals surface area contributed by atoms with Gasteiger partial charge in [0.1, 0.15) is 11.4 Å². The lowest BCUT2D eigenvalue weighted by molar-refractivity contribution is 0.0730. The van der Waals surface area contributed by atoms with E-state index >= 15 is 0 Å². The molecule has 1 amide bonds. The number of hydrogen-bond donors (Lipinski definition) is 0. The molecule has 30 heavy (non-hydrogen) atoms. The monoisotopic (exact) mass is 399 g/mol. The number of carbonyl (C=O) groups is 1. The van der Waals surface area contributed by atoms with Crippen LogP contribution in [0.3, 0.4) is 0 Å². The lowest BCUT2D eigenvalue weighted by atomic mass is 9.98. The van der Waals surface area contributed by atoms with Crippen molar-refractivity contribution in [3.05, 3.63) is 117 Å². The van der Waals surface area contributed by atoms with Crippen LogP contribution in [0.2, 0.25) is 0 Å². The molecule has 1 atom stereocenters. The minimum atomic E-state index is -0.568. The van der Waals surface area contributed by atoms with Crippen molar-refractivity contribution in [2.75, 3.05) is 6.54 Å². The molecule has 0 saturated heterocycles. The van der Waals surface area contributed by atoms with Gasteiger partial charge in [-0.1, -0.05) is 60.7 Å². The van der Waals surface area contributed by atoms with Crippen LogP contribution in [0, 0.1) is 5.82 Å². The van der Waals surface area contributed by atoms with Gasteiger partial charge in [-0.2, -0.15) is 0 Å². The highest BCUT2D eigenvalue weighted by Crippen LogP contribution is 2.38. The van der Waals surface area contributed by atoms with Gasteiger partial charge in [0.05, 0.1) is 17.0 Å². The topological polar surface area (TPSA) is 50.5 Å². The predicted octanol–water partition coefficient (Wildman–Crippen LogP) is 4.72. The fourth-order valence-corrected chi connectivity index (χ4v) is 4.10. The third kappa shape index (κ3) is 2.99. The second kappa shape index (κ2) is 7.26. The van der Waals surface area contributed by atoms with Gasteiger partial charge >= 0.3 is 0 Å². The Labute approximate surface area is 172 Å². The number of hydrogen-bond acceptors (Lipinski definition) is 3. The van der Waals surface area contributed by atoms with Crippen LogP contribution in [0.15, 0.2) is 88.1 Å². The molecule has 0 N–H and O–H groups in total. The molecule has 5 heteroatoms. The van der Waals surface area contributed by atoms with Crippen molar-refractivity contribution < 1.29 is 13.6 Å². The fraction of sp³-hybridized carbons (Fsp3) is 0.120. The Balaban J connectivity index is 1.65. The van der Waals surface area contributed by atoms with Gasteiger partial charge in [0.15, 0.2) is 5.43 Å². The second-order valence-electron chi connectivity index (χ2n) is 7.36. The minimum absolute atomic E-state index is 0.0426. The van der Waals surface area contributed by atoms with E-state index in [0.717, 1.165) is 11.1 Å². The Morgan fingerprint density at radius 1 is 0.900 bits per heavy atom. The van der Waals surface area contributed by atoms with Crippen LogP contribution in [-0.2, 0) is 6.42 Å². The summed E-state index contributed by atoms with van der Waals surface area (Å²) in [6.45, 7) is 0.427. The zero-order chi connectivity index (χ0) is 20.7. The normalized spacial score (nSPS) is 15.6. The second-order valence-corrected chi connectivity index (χ2v) is 7.36. The summed E-state index contributed by atoms with van der Waals surface area (Å²) in [7, 11) is 0.